The summed E-state index contributed by atoms with van der Waals surface area (Å²) in [6, 6.07) is 8.13. The fourth-order valence-corrected chi connectivity index (χ4v) is 5.32. The molecule has 0 aliphatic carbocycles. The number of likely N-dealkylation sites (tertiary alicyclic amines) is 1. The zero-order valence-corrected chi connectivity index (χ0v) is 22.5. The van der Waals surface area contributed by atoms with E-state index in [0.29, 0.717) is 36.3 Å². The number of rotatable bonds is 8. The highest BCUT2D eigenvalue weighted by molar-refractivity contribution is 5.80. The second-order valence-corrected chi connectivity index (χ2v) is 10.0. The first-order valence-corrected chi connectivity index (χ1v) is 12.9. The van der Waals surface area contributed by atoms with E-state index < -0.39 is 5.69 Å². The molecule has 1 N–H and O–H groups in total. The number of benzene rings is 1. The van der Waals surface area contributed by atoms with Gasteiger partial charge in [-0.25, -0.2) is 9.78 Å². The molecule has 9 heteroatoms. The minimum atomic E-state index is -0.401. The number of carbonyl (C=O) groups is 1. The molecule has 0 saturated carbocycles. The lowest BCUT2D eigenvalue weighted by Crippen LogP contribution is -2.38. The fourth-order valence-electron chi connectivity index (χ4n) is 5.32. The Labute approximate surface area is 217 Å². The third kappa shape index (κ3) is 5.61. The summed E-state index contributed by atoms with van der Waals surface area (Å²) in [6.07, 6.45) is 2.91. The summed E-state index contributed by atoms with van der Waals surface area (Å²) < 4.78 is 7.98. The van der Waals surface area contributed by atoms with Crippen LogP contribution in [0.15, 0.2) is 33.9 Å². The third-order valence-electron chi connectivity index (χ3n) is 7.66. The molecule has 0 unspecified atom stereocenters. The molecule has 1 saturated heterocycles. The van der Waals surface area contributed by atoms with Gasteiger partial charge < -0.3 is 10.1 Å². The lowest BCUT2D eigenvalue weighted by atomic mass is 9.96. The van der Waals surface area contributed by atoms with E-state index in [1.165, 1.54) is 17.2 Å². The van der Waals surface area contributed by atoms with Crippen LogP contribution in [0.4, 0.5) is 0 Å². The first-order valence-electron chi connectivity index (χ1n) is 12.9. The van der Waals surface area contributed by atoms with Crippen molar-refractivity contribution >= 4 is 16.9 Å². The van der Waals surface area contributed by atoms with Gasteiger partial charge in [-0.05, 0) is 69.3 Å². The van der Waals surface area contributed by atoms with Crippen LogP contribution in [0.5, 0.6) is 5.75 Å². The molecule has 0 atom stereocenters. The zero-order valence-electron chi connectivity index (χ0n) is 22.5. The first-order chi connectivity index (χ1) is 17.7. The second-order valence-electron chi connectivity index (χ2n) is 10.0. The summed E-state index contributed by atoms with van der Waals surface area (Å²) in [5.41, 5.74) is 3.24. The maximum atomic E-state index is 12.8. The van der Waals surface area contributed by atoms with Crippen molar-refractivity contribution in [3.63, 3.8) is 0 Å². The van der Waals surface area contributed by atoms with Gasteiger partial charge in [-0.15, -0.1) is 0 Å². The number of nitrogens with zero attached hydrogens (tertiary/aromatic N) is 4. The second kappa shape index (κ2) is 11.3. The maximum Gasteiger partial charge on any atom is 0.332 e. The number of methoxy groups -OCH3 is 1. The summed E-state index contributed by atoms with van der Waals surface area (Å²) in [4.78, 5) is 44.7. The van der Waals surface area contributed by atoms with Crippen molar-refractivity contribution in [3.05, 3.63) is 67.5 Å². The highest BCUT2D eigenvalue weighted by Crippen LogP contribution is 2.24. The first kappa shape index (κ1) is 26.6. The number of nitrogens with one attached hydrogen (secondary N) is 1. The van der Waals surface area contributed by atoms with Crippen LogP contribution < -0.4 is 21.3 Å². The molecular formula is C28H37N5O4. The molecule has 9 nitrogen and oxygen atoms in total. The molecule has 1 fully saturated rings. The van der Waals surface area contributed by atoms with Gasteiger partial charge in [0.1, 0.15) is 11.4 Å². The van der Waals surface area contributed by atoms with Crippen molar-refractivity contribution in [2.45, 2.75) is 46.1 Å². The molecular weight excluding hydrogens is 470 g/mol. The zero-order chi connectivity index (χ0) is 26.7. The molecule has 0 bridgehead atoms. The molecule has 1 amide bonds. The van der Waals surface area contributed by atoms with Crippen molar-refractivity contribution < 1.29 is 9.53 Å². The maximum absolute atomic E-state index is 12.8. The van der Waals surface area contributed by atoms with E-state index in [0.717, 1.165) is 59.6 Å². The molecule has 0 radical (unpaired) electrons. The number of hydrogen-bond donors (Lipinski definition) is 1. The Morgan fingerprint density at radius 1 is 1.11 bits per heavy atom. The number of fused-ring (bicyclic) bond motifs is 1. The Balaban J connectivity index is 1.31. The average molecular weight is 508 g/mol. The molecule has 37 heavy (non-hydrogen) atoms. The van der Waals surface area contributed by atoms with Gasteiger partial charge in [0.05, 0.1) is 12.5 Å². The van der Waals surface area contributed by atoms with Crippen LogP contribution in [0.1, 0.15) is 41.6 Å². The Bertz CT molecular complexity index is 1420. The Kier molecular flexibility index (Phi) is 8.12. The van der Waals surface area contributed by atoms with Gasteiger partial charge in [-0.3, -0.25) is 23.6 Å². The van der Waals surface area contributed by atoms with E-state index in [1.54, 1.807) is 14.2 Å². The van der Waals surface area contributed by atoms with Gasteiger partial charge >= 0.3 is 5.69 Å². The Hall–Kier alpha value is -3.46. The van der Waals surface area contributed by atoms with Gasteiger partial charge in [-0.2, -0.15) is 0 Å². The largest absolute Gasteiger partial charge is 0.496 e. The fraction of sp³-hybridized carbons (Fsp3) is 0.500. The number of ether oxygens (including phenoxy) is 1. The quantitative estimate of drug-likeness (QED) is 0.502. The third-order valence-corrected chi connectivity index (χ3v) is 7.66. The monoisotopic (exact) mass is 507 g/mol. The lowest BCUT2D eigenvalue weighted by Gasteiger charge is -2.32. The number of aryl methyl sites for hydroxylation is 3. The molecule has 1 aliphatic heterocycles. The van der Waals surface area contributed by atoms with Crippen molar-refractivity contribution in [2.24, 2.45) is 20.0 Å². The van der Waals surface area contributed by atoms with Crippen LogP contribution in [0.2, 0.25) is 0 Å². The predicted molar refractivity (Wildman–Crippen MR) is 144 cm³/mol. The van der Waals surface area contributed by atoms with Gasteiger partial charge in [0.25, 0.3) is 5.56 Å². The Morgan fingerprint density at radius 2 is 1.81 bits per heavy atom. The molecule has 3 heterocycles. The number of pyridine rings is 1. The van der Waals surface area contributed by atoms with Crippen LogP contribution in [0, 0.1) is 19.8 Å². The van der Waals surface area contributed by atoms with Gasteiger partial charge in [0.15, 0.2) is 0 Å². The summed E-state index contributed by atoms with van der Waals surface area (Å²) >= 11 is 0. The van der Waals surface area contributed by atoms with E-state index >= 15 is 0 Å². The van der Waals surface area contributed by atoms with Crippen LogP contribution >= 0.6 is 0 Å². The predicted octanol–water partition coefficient (Wildman–Crippen LogP) is 2.22. The summed E-state index contributed by atoms with van der Waals surface area (Å²) in [6.45, 7) is 7.28. The molecule has 3 aromatic rings. The summed E-state index contributed by atoms with van der Waals surface area (Å²) in [7, 11) is 4.79. The SMILES string of the molecule is COc1ccccc1CN1CCC(CNC(=O)CCc2c(C)nc3c(c2C)c(=O)n(C)c(=O)n3C)CC1. The van der Waals surface area contributed by atoms with Gasteiger partial charge in [-0.1, -0.05) is 18.2 Å². The van der Waals surface area contributed by atoms with Crippen molar-refractivity contribution in [1.29, 1.82) is 0 Å². The highest BCUT2D eigenvalue weighted by atomic mass is 16.5. The molecule has 4 rings (SSSR count). The van der Waals surface area contributed by atoms with E-state index in [9.17, 15) is 14.4 Å². The van der Waals surface area contributed by atoms with E-state index in [1.807, 2.05) is 32.0 Å². The summed E-state index contributed by atoms with van der Waals surface area (Å²) in [5.74, 6) is 1.39. The molecule has 1 aromatic carbocycles. The highest BCUT2D eigenvalue weighted by Gasteiger charge is 2.21. The topological polar surface area (TPSA) is 98.5 Å². The van der Waals surface area contributed by atoms with E-state index in [-0.39, 0.29) is 11.5 Å². The van der Waals surface area contributed by atoms with Crippen molar-refractivity contribution in [2.75, 3.05) is 26.7 Å². The summed E-state index contributed by atoms with van der Waals surface area (Å²) in [5, 5.41) is 3.55. The van der Waals surface area contributed by atoms with E-state index in [4.69, 9.17) is 4.74 Å². The van der Waals surface area contributed by atoms with Crippen LogP contribution in [0.25, 0.3) is 11.0 Å². The van der Waals surface area contributed by atoms with Gasteiger partial charge in [0.2, 0.25) is 5.91 Å². The molecule has 0 spiro atoms. The van der Waals surface area contributed by atoms with Crippen LogP contribution in [0.3, 0.4) is 0 Å². The smallest absolute Gasteiger partial charge is 0.332 e. The van der Waals surface area contributed by atoms with Gasteiger partial charge in [0, 0.05) is 44.9 Å². The minimum Gasteiger partial charge on any atom is -0.496 e. The standard InChI is InChI=1S/C28H37N5O4/c1-18-22(19(2)30-26-25(18)27(35)32(4)28(36)31(26)3)10-11-24(34)29-16-20-12-14-33(15-13-20)17-21-8-6-7-9-23(21)37-5/h6-9,20H,10-17H2,1-5H3,(H,29,34). The number of para-hydroxylation sites is 1. The minimum absolute atomic E-state index is 0.00344. The molecule has 1 aliphatic rings. The normalized spacial score (nSPS) is 14.7. The van der Waals surface area contributed by atoms with Crippen LogP contribution in [-0.4, -0.2) is 51.7 Å². The average Bonchev–Trinajstić information content (AvgIpc) is 2.90. The molecule has 198 valence electrons. The van der Waals surface area contributed by atoms with Crippen molar-refractivity contribution in [3.8, 4) is 5.75 Å². The number of hydrogen-bond acceptors (Lipinski definition) is 6. The van der Waals surface area contributed by atoms with Crippen molar-refractivity contribution in [1.82, 2.24) is 24.3 Å². The van der Waals surface area contributed by atoms with E-state index in [2.05, 4.69) is 21.3 Å². The molecule has 2 aromatic heterocycles. The lowest BCUT2D eigenvalue weighted by molar-refractivity contribution is -0.121. The number of amides is 1. The number of piperidine rings is 1. The number of carbonyl (C=O) groups excluding carboxylic acids is 1. The Morgan fingerprint density at radius 3 is 2.51 bits per heavy atom. The number of aromatic nitrogens is 3. The van der Waals surface area contributed by atoms with Crippen LogP contribution in [-0.2, 0) is 31.9 Å².